The first-order chi connectivity index (χ1) is 16.3. The maximum atomic E-state index is 12.6. The molecule has 4 rings (SSSR count). The number of nitrogens with one attached hydrogen (secondary N) is 1. The summed E-state index contributed by atoms with van der Waals surface area (Å²) in [5.74, 6) is 0.992. The third-order valence-corrected chi connectivity index (χ3v) is 6.08. The number of carbonyl (C=O) groups is 1. The van der Waals surface area contributed by atoms with E-state index in [9.17, 15) is 4.79 Å². The summed E-state index contributed by atoms with van der Waals surface area (Å²) < 4.78 is 8.89. The quantitative estimate of drug-likeness (QED) is 0.289. The minimum atomic E-state index is -0.429. The summed E-state index contributed by atoms with van der Waals surface area (Å²) in [4.78, 5) is 12.6. The fourth-order valence-corrected chi connectivity index (χ4v) is 3.72. The Labute approximate surface area is 212 Å². The van der Waals surface area contributed by atoms with E-state index in [1.807, 2.05) is 30.3 Å². The highest BCUT2D eigenvalue weighted by Gasteiger charge is 2.15. The van der Waals surface area contributed by atoms with Crippen molar-refractivity contribution in [2.24, 2.45) is 0 Å². The van der Waals surface area contributed by atoms with Crippen molar-refractivity contribution < 1.29 is 9.53 Å². The molecule has 0 saturated carbocycles. The van der Waals surface area contributed by atoms with Crippen LogP contribution in [0.15, 0.2) is 60.9 Å². The number of amides is 1. The van der Waals surface area contributed by atoms with Crippen LogP contribution < -0.4 is 10.1 Å². The Morgan fingerprint density at radius 2 is 1.74 bits per heavy atom. The van der Waals surface area contributed by atoms with Crippen molar-refractivity contribution in [1.82, 2.24) is 19.6 Å². The van der Waals surface area contributed by atoms with Crippen molar-refractivity contribution in [3.05, 3.63) is 92.8 Å². The second-order valence-electron chi connectivity index (χ2n) is 7.96. The van der Waals surface area contributed by atoms with E-state index >= 15 is 0 Å². The van der Waals surface area contributed by atoms with Crippen LogP contribution in [-0.2, 0) is 13.3 Å². The molecule has 0 bridgehead atoms. The summed E-state index contributed by atoms with van der Waals surface area (Å²) in [6.45, 7) is 4.86. The molecule has 4 aromatic rings. The lowest BCUT2D eigenvalue weighted by Crippen LogP contribution is -2.15. The molecule has 0 aliphatic heterocycles. The molecule has 176 valence electrons. The number of rotatable bonds is 8. The van der Waals surface area contributed by atoms with Crippen molar-refractivity contribution in [2.75, 3.05) is 5.32 Å². The summed E-state index contributed by atoms with van der Waals surface area (Å²) in [6, 6.07) is 14.8. The van der Waals surface area contributed by atoms with Crippen molar-refractivity contribution in [1.29, 1.82) is 0 Å². The standard InChI is InChI=1S/C24H22Cl3N5O2/c1-15(2)17-4-6-18(7-5-17)34-14-31-10-9-22(29-31)24(33)28-23-21(27)13-32(30-23)12-16-3-8-19(25)20(26)11-16/h3-11,13,15H,12,14H2,1-2H3,(H,28,30,33). The molecule has 0 atom stereocenters. The molecule has 0 aliphatic rings. The minimum Gasteiger partial charge on any atom is -0.471 e. The Hall–Kier alpha value is -3.00. The maximum absolute atomic E-state index is 12.6. The predicted octanol–water partition coefficient (Wildman–Crippen LogP) is 6.50. The maximum Gasteiger partial charge on any atom is 0.277 e. The predicted molar refractivity (Wildman–Crippen MR) is 134 cm³/mol. The van der Waals surface area contributed by atoms with Gasteiger partial charge < -0.3 is 10.1 Å². The lowest BCUT2D eigenvalue weighted by molar-refractivity contribution is 0.101. The van der Waals surface area contributed by atoms with E-state index in [2.05, 4.69) is 29.4 Å². The van der Waals surface area contributed by atoms with E-state index in [0.717, 1.165) is 11.3 Å². The Kier molecular flexibility index (Phi) is 7.46. The van der Waals surface area contributed by atoms with Crippen molar-refractivity contribution in [3.8, 4) is 5.75 Å². The molecule has 2 aromatic carbocycles. The third kappa shape index (κ3) is 5.91. The second kappa shape index (κ2) is 10.5. The molecular weight excluding hydrogens is 497 g/mol. The van der Waals surface area contributed by atoms with Gasteiger partial charge >= 0.3 is 0 Å². The van der Waals surface area contributed by atoms with Gasteiger partial charge in [-0.25, -0.2) is 4.68 Å². The highest BCUT2D eigenvalue weighted by atomic mass is 35.5. The van der Waals surface area contributed by atoms with Crippen LogP contribution in [-0.4, -0.2) is 25.5 Å². The van der Waals surface area contributed by atoms with E-state index < -0.39 is 5.91 Å². The van der Waals surface area contributed by atoms with E-state index in [0.29, 0.717) is 27.5 Å². The number of benzene rings is 2. The highest BCUT2D eigenvalue weighted by Crippen LogP contribution is 2.25. The summed E-state index contributed by atoms with van der Waals surface area (Å²) in [6.07, 6.45) is 3.29. The molecule has 0 fully saturated rings. The molecule has 7 nitrogen and oxygen atoms in total. The van der Waals surface area contributed by atoms with Gasteiger partial charge in [-0.3, -0.25) is 9.48 Å². The number of nitrogens with zero attached hydrogens (tertiary/aromatic N) is 4. The number of carbonyl (C=O) groups excluding carboxylic acids is 1. The molecule has 1 N–H and O–H groups in total. The van der Waals surface area contributed by atoms with E-state index in [-0.39, 0.29) is 18.2 Å². The molecule has 2 aromatic heterocycles. The molecule has 1 amide bonds. The number of hydrogen-bond acceptors (Lipinski definition) is 4. The van der Waals surface area contributed by atoms with Gasteiger partial charge in [0.05, 0.1) is 16.6 Å². The summed E-state index contributed by atoms with van der Waals surface area (Å²) in [5.41, 5.74) is 2.35. The van der Waals surface area contributed by atoms with Gasteiger partial charge in [0.15, 0.2) is 18.2 Å². The lowest BCUT2D eigenvalue weighted by atomic mass is 10.0. The van der Waals surface area contributed by atoms with E-state index in [1.54, 1.807) is 35.3 Å². The number of aromatic nitrogens is 4. The van der Waals surface area contributed by atoms with Gasteiger partial charge in [-0.1, -0.05) is 66.8 Å². The van der Waals surface area contributed by atoms with Gasteiger partial charge in [-0.2, -0.15) is 10.2 Å². The van der Waals surface area contributed by atoms with Gasteiger partial charge in [0, 0.05) is 12.4 Å². The van der Waals surface area contributed by atoms with Crippen LogP contribution in [0.1, 0.15) is 41.4 Å². The summed E-state index contributed by atoms with van der Waals surface area (Å²) in [7, 11) is 0. The van der Waals surface area contributed by atoms with Crippen LogP contribution in [0.2, 0.25) is 15.1 Å². The van der Waals surface area contributed by atoms with Crippen LogP contribution >= 0.6 is 34.8 Å². The summed E-state index contributed by atoms with van der Waals surface area (Å²) in [5, 5.41) is 12.5. The third-order valence-electron chi connectivity index (χ3n) is 5.06. The molecular formula is C24H22Cl3N5O2. The molecule has 0 unspecified atom stereocenters. The fraction of sp³-hybridized carbons (Fsp3) is 0.208. The SMILES string of the molecule is CC(C)c1ccc(OCn2ccc(C(=O)Nc3nn(Cc4ccc(Cl)c(Cl)c4)cc3Cl)n2)cc1. The lowest BCUT2D eigenvalue weighted by Gasteiger charge is -2.09. The smallest absolute Gasteiger partial charge is 0.277 e. The van der Waals surface area contributed by atoms with Crippen LogP contribution in [0, 0.1) is 0 Å². The zero-order chi connectivity index (χ0) is 24.2. The number of ether oxygens (including phenoxy) is 1. The Morgan fingerprint density at radius 1 is 0.971 bits per heavy atom. The van der Waals surface area contributed by atoms with Crippen molar-refractivity contribution in [3.63, 3.8) is 0 Å². The van der Waals surface area contributed by atoms with Gasteiger partial charge in [-0.05, 0) is 47.4 Å². The van der Waals surface area contributed by atoms with Gasteiger partial charge in [0.2, 0.25) is 0 Å². The van der Waals surface area contributed by atoms with E-state index in [4.69, 9.17) is 39.5 Å². The Balaban J connectivity index is 1.35. The summed E-state index contributed by atoms with van der Waals surface area (Å²) >= 11 is 18.3. The first-order valence-corrected chi connectivity index (χ1v) is 11.7. The minimum absolute atomic E-state index is 0.174. The molecule has 34 heavy (non-hydrogen) atoms. The van der Waals surface area contributed by atoms with Gasteiger partial charge in [-0.15, -0.1) is 0 Å². The van der Waals surface area contributed by atoms with Crippen LogP contribution in [0.3, 0.4) is 0 Å². The Bertz CT molecular complexity index is 1300. The van der Waals surface area contributed by atoms with Gasteiger partial charge in [0.25, 0.3) is 5.91 Å². The second-order valence-corrected chi connectivity index (χ2v) is 9.19. The van der Waals surface area contributed by atoms with Crippen LogP contribution in [0.5, 0.6) is 5.75 Å². The number of hydrogen-bond donors (Lipinski definition) is 1. The molecule has 0 spiro atoms. The highest BCUT2D eigenvalue weighted by molar-refractivity contribution is 6.42. The molecule has 0 aliphatic carbocycles. The topological polar surface area (TPSA) is 74.0 Å². The van der Waals surface area contributed by atoms with Crippen LogP contribution in [0.25, 0.3) is 0 Å². The largest absolute Gasteiger partial charge is 0.471 e. The monoisotopic (exact) mass is 517 g/mol. The fourth-order valence-electron chi connectivity index (χ4n) is 3.20. The average molecular weight is 519 g/mol. The normalized spacial score (nSPS) is 11.1. The average Bonchev–Trinajstić information content (AvgIpc) is 3.42. The van der Waals surface area contributed by atoms with Gasteiger partial charge in [0.1, 0.15) is 10.8 Å². The molecule has 2 heterocycles. The zero-order valence-corrected chi connectivity index (χ0v) is 20.8. The molecule has 10 heteroatoms. The Morgan fingerprint density at radius 3 is 2.44 bits per heavy atom. The molecule has 0 saturated heterocycles. The molecule has 0 radical (unpaired) electrons. The number of halogens is 3. The van der Waals surface area contributed by atoms with Crippen molar-refractivity contribution >= 4 is 46.5 Å². The van der Waals surface area contributed by atoms with Crippen molar-refractivity contribution in [2.45, 2.75) is 33.0 Å². The number of anilines is 1. The van der Waals surface area contributed by atoms with Crippen LogP contribution in [0.4, 0.5) is 5.82 Å². The van der Waals surface area contributed by atoms with E-state index in [1.165, 1.54) is 10.2 Å². The first kappa shape index (κ1) is 24.1. The first-order valence-electron chi connectivity index (χ1n) is 10.5. The zero-order valence-electron chi connectivity index (χ0n) is 18.5.